The van der Waals surface area contributed by atoms with Gasteiger partial charge in [0.2, 0.25) is 0 Å². The lowest BCUT2D eigenvalue weighted by atomic mass is 10.0. The molecule has 1 unspecified atom stereocenters. The smallest absolute Gasteiger partial charge is 0.306 e. The van der Waals surface area contributed by atoms with E-state index in [1.54, 1.807) is 6.92 Å². The van der Waals surface area contributed by atoms with Crippen LogP contribution in [0, 0.1) is 5.92 Å². The van der Waals surface area contributed by atoms with Crippen LogP contribution in [0.2, 0.25) is 0 Å². The first-order chi connectivity index (χ1) is 15.6. The molecular formula is C26H29N3O3. The molecule has 166 valence electrons. The predicted octanol–water partition coefficient (Wildman–Crippen LogP) is 4.56. The molecule has 2 aromatic carbocycles. The van der Waals surface area contributed by atoms with E-state index in [1.165, 1.54) is 11.4 Å². The number of pyridine rings is 1. The lowest BCUT2D eigenvalue weighted by molar-refractivity contribution is -0.141. The SMILES string of the molecule is CC(CCOc1ccc(N2CCN(c3ccncc3)CC2)c(-c2ccccc2)c1)C(=O)O. The van der Waals surface area contributed by atoms with E-state index in [0.717, 1.165) is 43.1 Å². The second-order valence-corrected chi connectivity index (χ2v) is 8.10. The molecule has 32 heavy (non-hydrogen) atoms. The summed E-state index contributed by atoms with van der Waals surface area (Å²) in [4.78, 5) is 20.0. The van der Waals surface area contributed by atoms with Gasteiger partial charge < -0.3 is 19.6 Å². The molecule has 0 radical (unpaired) electrons. The number of hydrogen-bond acceptors (Lipinski definition) is 5. The van der Waals surface area contributed by atoms with Crippen LogP contribution in [0.3, 0.4) is 0 Å². The number of aromatic nitrogens is 1. The fourth-order valence-electron chi connectivity index (χ4n) is 3.97. The number of rotatable bonds is 8. The van der Waals surface area contributed by atoms with Crippen LogP contribution >= 0.6 is 0 Å². The predicted molar refractivity (Wildman–Crippen MR) is 127 cm³/mol. The third kappa shape index (κ3) is 5.19. The highest BCUT2D eigenvalue weighted by atomic mass is 16.5. The molecule has 1 fully saturated rings. The summed E-state index contributed by atoms with van der Waals surface area (Å²) in [5.74, 6) is -0.444. The molecule has 1 atom stereocenters. The van der Waals surface area contributed by atoms with Gasteiger partial charge in [-0.3, -0.25) is 9.78 Å². The van der Waals surface area contributed by atoms with Crippen LogP contribution in [-0.4, -0.2) is 48.8 Å². The molecule has 0 spiro atoms. The van der Waals surface area contributed by atoms with E-state index in [-0.39, 0.29) is 0 Å². The summed E-state index contributed by atoms with van der Waals surface area (Å²) in [5.41, 5.74) is 4.68. The lowest BCUT2D eigenvalue weighted by Gasteiger charge is -2.38. The summed E-state index contributed by atoms with van der Waals surface area (Å²) < 4.78 is 5.91. The Morgan fingerprint density at radius 2 is 1.69 bits per heavy atom. The van der Waals surface area contributed by atoms with E-state index in [0.29, 0.717) is 13.0 Å². The Balaban J connectivity index is 1.51. The van der Waals surface area contributed by atoms with Crippen molar-refractivity contribution >= 4 is 17.3 Å². The van der Waals surface area contributed by atoms with Crippen molar-refractivity contribution in [3.63, 3.8) is 0 Å². The molecule has 2 heterocycles. The first kappa shape index (κ1) is 21.7. The second-order valence-electron chi connectivity index (χ2n) is 8.10. The van der Waals surface area contributed by atoms with Crippen LogP contribution in [0.5, 0.6) is 5.75 Å². The van der Waals surface area contributed by atoms with Crippen molar-refractivity contribution in [2.45, 2.75) is 13.3 Å². The summed E-state index contributed by atoms with van der Waals surface area (Å²) >= 11 is 0. The van der Waals surface area contributed by atoms with Gasteiger partial charge in [0.05, 0.1) is 12.5 Å². The standard InChI is InChI=1S/C26H29N3O3/c1-20(26(30)31)11-18-32-23-7-8-25(24(19-23)21-5-3-2-4-6-21)29-16-14-28(15-17-29)22-9-12-27-13-10-22/h2-10,12-13,19-20H,11,14-18H2,1H3,(H,30,31). The Kier molecular flexibility index (Phi) is 6.90. The zero-order chi connectivity index (χ0) is 22.3. The third-order valence-electron chi connectivity index (χ3n) is 5.94. The van der Waals surface area contributed by atoms with Gasteiger partial charge in [0.15, 0.2) is 0 Å². The minimum Gasteiger partial charge on any atom is -0.494 e. The van der Waals surface area contributed by atoms with Gasteiger partial charge in [-0.15, -0.1) is 0 Å². The molecular weight excluding hydrogens is 402 g/mol. The van der Waals surface area contributed by atoms with Gasteiger partial charge in [0.1, 0.15) is 5.75 Å². The molecule has 0 amide bonds. The fourth-order valence-corrected chi connectivity index (χ4v) is 3.97. The summed E-state index contributed by atoms with van der Waals surface area (Å²) in [5, 5.41) is 9.08. The molecule has 0 bridgehead atoms. The zero-order valence-electron chi connectivity index (χ0n) is 18.4. The van der Waals surface area contributed by atoms with Gasteiger partial charge in [-0.25, -0.2) is 0 Å². The molecule has 6 heteroatoms. The van der Waals surface area contributed by atoms with E-state index in [1.807, 2.05) is 36.7 Å². The molecule has 3 aromatic rings. The number of benzene rings is 2. The number of ether oxygens (including phenoxy) is 1. The maximum absolute atomic E-state index is 11.0. The number of carbonyl (C=O) groups is 1. The largest absolute Gasteiger partial charge is 0.494 e. The van der Waals surface area contributed by atoms with Gasteiger partial charge in [-0.1, -0.05) is 37.3 Å². The van der Waals surface area contributed by atoms with Crippen LogP contribution in [0.4, 0.5) is 11.4 Å². The Morgan fingerprint density at radius 1 is 1.00 bits per heavy atom. The third-order valence-corrected chi connectivity index (χ3v) is 5.94. The van der Waals surface area contributed by atoms with Crippen LogP contribution in [0.15, 0.2) is 73.1 Å². The van der Waals surface area contributed by atoms with Crippen LogP contribution in [0.1, 0.15) is 13.3 Å². The Hall–Kier alpha value is -3.54. The second kappa shape index (κ2) is 10.2. The Labute approximate surface area is 189 Å². The molecule has 0 saturated carbocycles. The highest BCUT2D eigenvalue weighted by Crippen LogP contribution is 2.35. The van der Waals surface area contributed by atoms with Crippen LogP contribution in [-0.2, 0) is 4.79 Å². The van der Waals surface area contributed by atoms with E-state index in [4.69, 9.17) is 9.84 Å². The Bertz CT molecular complexity index is 1020. The van der Waals surface area contributed by atoms with Gasteiger partial charge >= 0.3 is 5.97 Å². The van der Waals surface area contributed by atoms with E-state index < -0.39 is 11.9 Å². The van der Waals surface area contributed by atoms with Crippen molar-refractivity contribution in [2.24, 2.45) is 5.92 Å². The molecule has 1 saturated heterocycles. The number of aliphatic carboxylic acids is 1. The van der Waals surface area contributed by atoms with Crippen LogP contribution in [0.25, 0.3) is 11.1 Å². The van der Waals surface area contributed by atoms with Crippen molar-refractivity contribution in [2.75, 3.05) is 42.6 Å². The van der Waals surface area contributed by atoms with E-state index >= 15 is 0 Å². The van der Waals surface area contributed by atoms with Crippen molar-refractivity contribution in [3.05, 3.63) is 73.1 Å². The van der Waals surface area contributed by atoms with Gasteiger partial charge in [-0.2, -0.15) is 0 Å². The van der Waals surface area contributed by atoms with Gasteiger partial charge in [0.25, 0.3) is 0 Å². The highest BCUT2D eigenvalue weighted by molar-refractivity contribution is 5.80. The molecule has 6 nitrogen and oxygen atoms in total. The molecule has 1 N–H and O–H groups in total. The van der Waals surface area contributed by atoms with Crippen molar-refractivity contribution in [1.82, 2.24) is 4.98 Å². The van der Waals surface area contributed by atoms with E-state index in [2.05, 4.69) is 51.2 Å². The average Bonchev–Trinajstić information content (AvgIpc) is 2.85. The monoisotopic (exact) mass is 431 g/mol. The minimum absolute atomic E-state index is 0.381. The van der Waals surface area contributed by atoms with Crippen molar-refractivity contribution in [3.8, 4) is 16.9 Å². The zero-order valence-corrected chi connectivity index (χ0v) is 18.4. The summed E-state index contributed by atoms with van der Waals surface area (Å²) in [6.07, 6.45) is 4.16. The number of carboxylic acids is 1. The minimum atomic E-state index is -0.792. The average molecular weight is 432 g/mol. The van der Waals surface area contributed by atoms with Gasteiger partial charge in [0, 0.05) is 55.5 Å². The summed E-state index contributed by atoms with van der Waals surface area (Å²) in [6.45, 7) is 5.84. The first-order valence-corrected chi connectivity index (χ1v) is 11.1. The lowest BCUT2D eigenvalue weighted by Crippen LogP contribution is -2.46. The first-order valence-electron chi connectivity index (χ1n) is 11.1. The number of nitrogens with zero attached hydrogens (tertiary/aromatic N) is 3. The number of hydrogen-bond donors (Lipinski definition) is 1. The quantitative estimate of drug-likeness (QED) is 0.564. The number of carboxylic acid groups (broad SMARTS) is 1. The topological polar surface area (TPSA) is 65.9 Å². The highest BCUT2D eigenvalue weighted by Gasteiger charge is 2.20. The number of piperazine rings is 1. The molecule has 1 aromatic heterocycles. The van der Waals surface area contributed by atoms with Crippen molar-refractivity contribution < 1.29 is 14.6 Å². The van der Waals surface area contributed by atoms with Crippen LogP contribution < -0.4 is 14.5 Å². The maximum Gasteiger partial charge on any atom is 0.306 e. The summed E-state index contributed by atoms with van der Waals surface area (Å²) in [6, 6.07) is 20.6. The molecule has 1 aliphatic rings. The molecule has 0 aliphatic carbocycles. The maximum atomic E-state index is 11.0. The van der Waals surface area contributed by atoms with Gasteiger partial charge in [-0.05, 0) is 42.3 Å². The fraction of sp³-hybridized carbons (Fsp3) is 0.308. The van der Waals surface area contributed by atoms with Crippen molar-refractivity contribution in [1.29, 1.82) is 0 Å². The number of anilines is 2. The van der Waals surface area contributed by atoms with E-state index in [9.17, 15) is 4.79 Å². The Morgan fingerprint density at radius 3 is 2.38 bits per heavy atom. The summed E-state index contributed by atoms with van der Waals surface area (Å²) in [7, 11) is 0. The molecule has 1 aliphatic heterocycles. The normalized spacial score (nSPS) is 14.8. The molecule has 4 rings (SSSR count).